The Kier molecular flexibility index (Phi) is 5.75. The fourth-order valence-corrected chi connectivity index (χ4v) is 2.77. The average molecular weight is 378 g/mol. The lowest BCUT2D eigenvalue weighted by atomic mass is 10.1. The summed E-state index contributed by atoms with van der Waals surface area (Å²) in [4.78, 5) is 26.0. The summed E-state index contributed by atoms with van der Waals surface area (Å²) in [6.07, 6.45) is 0. The Hall–Kier alpha value is -2.87. The van der Waals surface area contributed by atoms with Crippen LogP contribution in [-0.4, -0.2) is 36.0 Å². The van der Waals surface area contributed by atoms with Crippen LogP contribution in [0.15, 0.2) is 42.5 Å². The van der Waals surface area contributed by atoms with E-state index in [1.54, 1.807) is 0 Å². The Morgan fingerprint density at radius 2 is 1.81 bits per heavy atom. The molecule has 3 rings (SSSR count). The predicted molar refractivity (Wildman–Crippen MR) is 89.8 cm³/mol. The van der Waals surface area contributed by atoms with Crippen molar-refractivity contribution >= 4 is 11.8 Å². The molecule has 2 amide bonds. The molecule has 0 spiro atoms. The zero-order valence-electron chi connectivity index (χ0n) is 14.3. The van der Waals surface area contributed by atoms with Crippen molar-refractivity contribution in [2.45, 2.75) is 19.1 Å². The van der Waals surface area contributed by atoms with Crippen LogP contribution in [0.1, 0.15) is 11.1 Å². The van der Waals surface area contributed by atoms with Gasteiger partial charge in [0.25, 0.3) is 0 Å². The number of morpholine rings is 1. The van der Waals surface area contributed by atoms with Crippen LogP contribution in [-0.2, 0) is 27.4 Å². The van der Waals surface area contributed by atoms with Gasteiger partial charge >= 0.3 is 0 Å². The highest BCUT2D eigenvalue weighted by Crippen LogP contribution is 2.15. The summed E-state index contributed by atoms with van der Waals surface area (Å²) in [6, 6.07) is 7.76. The maximum absolute atomic E-state index is 13.7. The Morgan fingerprint density at radius 3 is 2.52 bits per heavy atom. The van der Waals surface area contributed by atoms with E-state index in [4.69, 9.17) is 4.74 Å². The molecule has 0 aliphatic carbocycles. The molecule has 1 aliphatic rings. The molecule has 1 aliphatic heterocycles. The molecular formula is C19H17F3N2O3. The first-order valence-corrected chi connectivity index (χ1v) is 8.27. The normalized spacial score (nSPS) is 17.1. The van der Waals surface area contributed by atoms with Gasteiger partial charge in [-0.25, -0.2) is 13.2 Å². The minimum atomic E-state index is -0.903. The van der Waals surface area contributed by atoms with Gasteiger partial charge < -0.3 is 15.0 Å². The second kappa shape index (κ2) is 8.22. The zero-order valence-corrected chi connectivity index (χ0v) is 14.3. The highest BCUT2D eigenvalue weighted by atomic mass is 19.1. The van der Waals surface area contributed by atoms with Crippen molar-refractivity contribution in [3.8, 4) is 0 Å². The maximum atomic E-state index is 13.7. The van der Waals surface area contributed by atoms with E-state index < -0.39 is 29.4 Å². The van der Waals surface area contributed by atoms with E-state index in [0.717, 1.165) is 12.1 Å². The maximum Gasteiger partial charge on any atom is 0.249 e. The third-order valence-electron chi connectivity index (χ3n) is 4.23. The molecule has 2 aromatic rings. The summed E-state index contributed by atoms with van der Waals surface area (Å²) in [5, 5.41) is 2.54. The molecule has 1 atom stereocenters. The lowest BCUT2D eigenvalue weighted by molar-refractivity contribution is -0.155. The molecule has 0 saturated carbocycles. The molecule has 8 heteroatoms. The van der Waals surface area contributed by atoms with Crippen molar-refractivity contribution in [1.82, 2.24) is 10.2 Å². The van der Waals surface area contributed by atoms with Gasteiger partial charge in [-0.2, -0.15) is 0 Å². The van der Waals surface area contributed by atoms with Crippen molar-refractivity contribution in [1.29, 1.82) is 0 Å². The van der Waals surface area contributed by atoms with Gasteiger partial charge in [-0.15, -0.1) is 0 Å². The van der Waals surface area contributed by atoms with E-state index in [-0.39, 0.29) is 37.8 Å². The van der Waals surface area contributed by atoms with Gasteiger partial charge in [0.05, 0.1) is 6.61 Å². The largest absolute Gasteiger partial charge is 0.369 e. The second-order valence-electron chi connectivity index (χ2n) is 6.13. The van der Waals surface area contributed by atoms with Crippen LogP contribution in [0.5, 0.6) is 0 Å². The molecule has 1 saturated heterocycles. The van der Waals surface area contributed by atoms with Crippen LogP contribution in [0.3, 0.4) is 0 Å². The Bertz CT molecular complexity index is 843. The summed E-state index contributed by atoms with van der Waals surface area (Å²) < 4.78 is 44.8. The van der Waals surface area contributed by atoms with Crippen LogP contribution in [0.4, 0.5) is 13.2 Å². The number of hydrogen-bond acceptors (Lipinski definition) is 3. The molecular weight excluding hydrogens is 361 g/mol. The average Bonchev–Trinajstić information content (AvgIpc) is 2.64. The molecule has 5 nitrogen and oxygen atoms in total. The summed E-state index contributed by atoms with van der Waals surface area (Å²) in [5.41, 5.74) is 0.784. The smallest absolute Gasteiger partial charge is 0.249 e. The predicted octanol–water partition coefficient (Wildman–Crippen LogP) is 2.15. The first kappa shape index (κ1) is 18.9. The number of halogens is 3. The monoisotopic (exact) mass is 378 g/mol. The first-order valence-electron chi connectivity index (χ1n) is 8.27. The van der Waals surface area contributed by atoms with Crippen molar-refractivity contribution in [3.05, 3.63) is 71.0 Å². The number of nitrogens with zero attached hydrogens (tertiary/aromatic N) is 1. The van der Waals surface area contributed by atoms with Crippen LogP contribution < -0.4 is 5.32 Å². The summed E-state index contributed by atoms with van der Waals surface area (Å²) in [5.74, 6) is -2.77. The highest BCUT2D eigenvalue weighted by Gasteiger charge is 2.34. The van der Waals surface area contributed by atoms with Gasteiger partial charge in [0.15, 0.2) is 0 Å². The van der Waals surface area contributed by atoms with Crippen LogP contribution in [0.25, 0.3) is 0 Å². The van der Waals surface area contributed by atoms with Gasteiger partial charge in [0.2, 0.25) is 11.8 Å². The number of ether oxygens (including phenoxy) is 1. The van der Waals surface area contributed by atoms with E-state index >= 15 is 0 Å². The fraction of sp³-hybridized carbons (Fsp3) is 0.263. The quantitative estimate of drug-likeness (QED) is 0.868. The van der Waals surface area contributed by atoms with Crippen molar-refractivity contribution in [3.63, 3.8) is 0 Å². The van der Waals surface area contributed by atoms with E-state index in [1.165, 1.54) is 35.2 Å². The van der Waals surface area contributed by atoms with Gasteiger partial charge in [-0.05, 0) is 23.8 Å². The summed E-state index contributed by atoms with van der Waals surface area (Å²) in [7, 11) is 0. The van der Waals surface area contributed by atoms with Gasteiger partial charge in [0, 0.05) is 24.7 Å². The van der Waals surface area contributed by atoms with Crippen molar-refractivity contribution in [2.75, 3.05) is 13.2 Å². The molecule has 1 fully saturated rings. The van der Waals surface area contributed by atoms with Crippen LogP contribution in [0, 0.1) is 17.5 Å². The molecule has 2 aromatic carbocycles. The number of carbonyl (C=O) groups is 2. The Morgan fingerprint density at radius 1 is 1.11 bits per heavy atom. The fourth-order valence-electron chi connectivity index (χ4n) is 2.77. The first-order chi connectivity index (χ1) is 12.9. The topological polar surface area (TPSA) is 58.6 Å². The van der Waals surface area contributed by atoms with Crippen molar-refractivity contribution in [2.24, 2.45) is 0 Å². The lowest BCUT2D eigenvalue weighted by Crippen LogP contribution is -2.55. The third-order valence-corrected chi connectivity index (χ3v) is 4.23. The Labute approximate surface area is 153 Å². The number of benzene rings is 2. The van der Waals surface area contributed by atoms with E-state index in [2.05, 4.69) is 5.32 Å². The van der Waals surface area contributed by atoms with Gasteiger partial charge in [-0.3, -0.25) is 9.59 Å². The van der Waals surface area contributed by atoms with Crippen LogP contribution in [0.2, 0.25) is 0 Å². The number of rotatable bonds is 5. The number of hydrogen-bond donors (Lipinski definition) is 1. The van der Waals surface area contributed by atoms with E-state index in [9.17, 15) is 22.8 Å². The molecule has 1 N–H and O–H groups in total. The molecule has 142 valence electrons. The third kappa shape index (κ3) is 4.65. The Balaban J connectivity index is 1.68. The summed E-state index contributed by atoms with van der Waals surface area (Å²) in [6.45, 7) is -0.201. The standard InChI is InChI=1S/C19H17F3N2O3/c20-14-4-1-12(2-5-14)9-24-17(10-27-11-18(24)25)19(26)23-8-13-3-6-15(21)7-16(13)22/h1-7,17H,8-11H2,(H,23,26)/t17-/m0/s1. The molecule has 0 radical (unpaired) electrons. The lowest BCUT2D eigenvalue weighted by Gasteiger charge is -2.34. The van der Waals surface area contributed by atoms with E-state index in [0.29, 0.717) is 5.56 Å². The zero-order chi connectivity index (χ0) is 19.4. The second-order valence-corrected chi connectivity index (χ2v) is 6.13. The number of carbonyl (C=O) groups excluding carboxylic acids is 2. The molecule has 1 heterocycles. The number of amides is 2. The van der Waals surface area contributed by atoms with E-state index in [1.807, 2.05) is 0 Å². The summed E-state index contributed by atoms with van der Waals surface area (Å²) >= 11 is 0. The van der Waals surface area contributed by atoms with Crippen LogP contribution >= 0.6 is 0 Å². The minimum Gasteiger partial charge on any atom is -0.369 e. The molecule has 27 heavy (non-hydrogen) atoms. The molecule has 0 aromatic heterocycles. The highest BCUT2D eigenvalue weighted by molar-refractivity contribution is 5.89. The van der Waals surface area contributed by atoms with Gasteiger partial charge in [-0.1, -0.05) is 18.2 Å². The molecule has 0 bridgehead atoms. The SMILES string of the molecule is O=C(NCc1ccc(F)cc1F)[C@@H]1COCC(=O)N1Cc1ccc(F)cc1. The molecule has 0 unspecified atom stereocenters. The minimum absolute atomic E-state index is 0.00926. The van der Waals surface area contributed by atoms with Gasteiger partial charge in [0.1, 0.15) is 30.1 Å². The van der Waals surface area contributed by atoms with Crippen molar-refractivity contribution < 1.29 is 27.5 Å². The number of nitrogens with one attached hydrogen (secondary N) is 1.